The lowest BCUT2D eigenvalue weighted by Gasteiger charge is -2.25. The molecule has 6 nitrogen and oxygen atoms in total. The van der Waals surface area contributed by atoms with Crippen LogP contribution in [0.1, 0.15) is 29.6 Å². The molecule has 1 aromatic rings. The molecule has 1 aliphatic rings. The number of likely N-dealkylation sites (N-methyl/N-ethyl adjacent to an activating group) is 1. The molecule has 2 rings (SSSR count). The summed E-state index contributed by atoms with van der Waals surface area (Å²) in [7, 11) is 7.32. The maximum Gasteiger partial charge on any atom is 0.307 e. The monoisotopic (exact) mass is 333 g/mol. The van der Waals surface area contributed by atoms with E-state index in [-0.39, 0.29) is 24.0 Å². The summed E-state index contributed by atoms with van der Waals surface area (Å²) in [6.45, 7) is 0.583. The number of hydrogen-bond acceptors (Lipinski definition) is 5. The van der Waals surface area contributed by atoms with Crippen molar-refractivity contribution in [1.29, 1.82) is 0 Å². The van der Waals surface area contributed by atoms with Gasteiger partial charge >= 0.3 is 5.97 Å². The molecule has 1 saturated heterocycles. The number of amides is 1. The van der Waals surface area contributed by atoms with Gasteiger partial charge in [0.25, 0.3) is 5.91 Å². The first-order valence-electron chi connectivity index (χ1n) is 8.26. The molecule has 1 N–H and O–H groups in total. The molecular weight excluding hydrogens is 306 g/mol. The topological polar surface area (TPSA) is 61.9 Å². The fourth-order valence-corrected chi connectivity index (χ4v) is 3.10. The van der Waals surface area contributed by atoms with E-state index in [1.807, 2.05) is 50.3 Å². The van der Waals surface area contributed by atoms with E-state index in [2.05, 4.69) is 10.2 Å². The van der Waals surface area contributed by atoms with Gasteiger partial charge in [-0.2, -0.15) is 0 Å². The minimum Gasteiger partial charge on any atom is -0.469 e. The average molecular weight is 333 g/mol. The van der Waals surface area contributed by atoms with Crippen LogP contribution in [0.2, 0.25) is 0 Å². The van der Waals surface area contributed by atoms with E-state index in [9.17, 15) is 9.59 Å². The SMILES string of the molecule is COC(=O)C[C@H]1CC[C@@H](CNC(=O)c2cccc(N(C)C)c2)N1C. The third kappa shape index (κ3) is 4.47. The molecular formula is C18H27N3O3. The number of nitrogens with zero attached hydrogens (tertiary/aromatic N) is 2. The summed E-state index contributed by atoms with van der Waals surface area (Å²) in [4.78, 5) is 27.9. The second kappa shape index (κ2) is 8.15. The molecule has 1 fully saturated rings. The average Bonchev–Trinajstić information content (AvgIpc) is 2.92. The third-order valence-corrected chi connectivity index (χ3v) is 4.74. The van der Waals surface area contributed by atoms with Crippen molar-refractivity contribution in [2.75, 3.05) is 39.7 Å². The number of likely N-dealkylation sites (tertiary alicyclic amines) is 1. The molecule has 1 aliphatic heterocycles. The number of hydrogen-bond donors (Lipinski definition) is 1. The second-order valence-electron chi connectivity index (χ2n) is 6.49. The Hall–Kier alpha value is -2.08. The number of carbonyl (C=O) groups is 2. The van der Waals surface area contributed by atoms with Crippen LogP contribution in [0.4, 0.5) is 5.69 Å². The normalized spacial score (nSPS) is 20.7. The number of methoxy groups -OCH3 is 1. The predicted molar refractivity (Wildman–Crippen MR) is 94.3 cm³/mol. The van der Waals surface area contributed by atoms with E-state index in [0.29, 0.717) is 18.5 Å². The molecule has 0 spiro atoms. The zero-order valence-corrected chi connectivity index (χ0v) is 14.9. The van der Waals surface area contributed by atoms with Crippen LogP contribution in [0.25, 0.3) is 0 Å². The lowest BCUT2D eigenvalue weighted by molar-refractivity contribution is -0.141. The van der Waals surface area contributed by atoms with Crippen LogP contribution in [0, 0.1) is 0 Å². The van der Waals surface area contributed by atoms with Gasteiger partial charge in [0.15, 0.2) is 0 Å². The quantitative estimate of drug-likeness (QED) is 0.800. The van der Waals surface area contributed by atoms with Gasteiger partial charge in [-0.15, -0.1) is 0 Å². The number of ether oxygens (including phenoxy) is 1. The number of esters is 1. The van der Waals surface area contributed by atoms with Crippen LogP contribution < -0.4 is 10.2 Å². The summed E-state index contributed by atoms with van der Waals surface area (Å²) >= 11 is 0. The third-order valence-electron chi connectivity index (χ3n) is 4.74. The molecule has 132 valence electrons. The van der Waals surface area contributed by atoms with Crippen molar-refractivity contribution in [2.45, 2.75) is 31.3 Å². The number of nitrogens with one attached hydrogen (secondary N) is 1. The van der Waals surface area contributed by atoms with Gasteiger partial charge in [0, 0.05) is 44.0 Å². The van der Waals surface area contributed by atoms with Gasteiger partial charge in [-0.05, 0) is 38.1 Å². The minimum atomic E-state index is -0.183. The van der Waals surface area contributed by atoms with Crippen LogP contribution in [-0.4, -0.2) is 63.7 Å². The lowest BCUT2D eigenvalue weighted by Crippen LogP contribution is -2.41. The zero-order valence-electron chi connectivity index (χ0n) is 14.9. The zero-order chi connectivity index (χ0) is 17.7. The highest BCUT2D eigenvalue weighted by molar-refractivity contribution is 5.95. The molecule has 0 unspecified atom stereocenters. The molecule has 6 heteroatoms. The summed E-state index contributed by atoms with van der Waals surface area (Å²) in [6.07, 6.45) is 2.32. The van der Waals surface area contributed by atoms with Crippen LogP contribution in [0.15, 0.2) is 24.3 Å². The number of carbonyl (C=O) groups excluding carboxylic acids is 2. The van der Waals surface area contributed by atoms with E-state index in [1.54, 1.807) is 0 Å². The number of benzene rings is 1. The molecule has 1 amide bonds. The van der Waals surface area contributed by atoms with Crippen molar-refractivity contribution < 1.29 is 14.3 Å². The highest BCUT2D eigenvalue weighted by Crippen LogP contribution is 2.24. The van der Waals surface area contributed by atoms with E-state index >= 15 is 0 Å². The van der Waals surface area contributed by atoms with E-state index in [0.717, 1.165) is 18.5 Å². The minimum absolute atomic E-state index is 0.0662. The highest BCUT2D eigenvalue weighted by atomic mass is 16.5. The molecule has 0 radical (unpaired) electrons. The van der Waals surface area contributed by atoms with Crippen molar-refractivity contribution in [3.8, 4) is 0 Å². The van der Waals surface area contributed by atoms with Gasteiger partial charge in [0.1, 0.15) is 0 Å². The maximum absolute atomic E-state index is 12.4. The molecule has 24 heavy (non-hydrogen) atoms. The Bertz CT molecular complexity index is 589. The van der Waals surface area contributed by atoms with Crippen LogP contribution >= 0.6 is 0 Å². The summed E-state index contributed by atoms with van der Waals surface area (Å²) in [6, 6.07) is 8.00. The molecule has 1 aromatic carbocycles. The fraction of sp³-hybridized carbons (Fsp3) is 0.556. The molecule has 1 heterocycles. The second-order valence-corrected chi connectivity index (χ2v) is 6.49. The smallest absolute Gasteiger partial charge is 0.307 e. The molecule has 0 aromatic heterocycles. The lowest BCUT2D eigenvalue weighted by atomic mass is 10.1. The van der Waals surface area contributed by atoms with E-state index in [4.69, 9.17) is 4.74 Å². The molecule has 0 bridgehead atoms. The van der Waals surface area contributed by atoms with Crippen molar-refractivity contribution in [1.82, 2.24) is 10.2 Å². The Balaban J connectivity index is 1.88. The van der Waals surface area contributed by atoms with Crippen molar-refractivity contribution in [3.05, 3.63) is 29.8 Å². The molecule has 2 atom stereocenters. The standard InChI is InChI=1S/C18H27N3O3/c1-20(2)14-7-5-6-13(10-14)18(23)19-12-16-9-8-15(21(16)3)11-17(22)24-4/h5-7,10,15-16H,8-9,11-12H2,1-4H3,(H,19,23)/t15-,16+/m1/s1. The Labute approximate surface area is 143 Å². The largest absolute Gasteiger partial charge is 0.469 e. The van der Waals surface area contributed by atoms with Crippen LogP contribution in [-0.2, 0) is 9.53 Å². The first kappa shape index (κ1) is 18.3. The van der Waals surface area contributed by atoms with E-state index < -0.39 is 0 Å². The first-order valence-corrected chi connectivity index (χ1v) is 8.26. The van der Waals surface area contributed by atoms with Crippen LogP contribution in [0.5, 0.6) is 0 Å². The maximum atomic E-state index is 12.4. The summed E-state index contributed by atoms with van der Waals surface area (Å²) < 4.78 is 4.74. The Morgan fingerprint density at radius 3 is 2.67 bits per heavy atom. The van der Waals surface area contributed by atoms with Crippen molar-refractivity contribution >= 4 is 17.6 Å². The Kier molecular flexibility index (Phi) is 6.20. The van der Waals surface area contributed by atoms with Gasteiger partial charge in [-0.1, -0.05) is 6.07 Å². The summed E-state index contributed by atoms with van der Waals surface area (Å²) in [5, 5.41) is 3.01. The van der Waals surface area contributed by atoms with Crippen LogP contribution in [0.3, 0.4) is 0 Å². The highest BCUT2D eigenvalue weighted by Gasteiger charge is 2.32. The summed E-state index contributed by atoms with van der Waals surface area (Å²) in [5.41, 5.74) is 1.66. The van der Waals surface area contributed by atoms with Gasteiger partial charge in [0.05, 0.1) is 13.5 Å². The molecule has 0 saturated carbocycles. The predicted octanol–water partition coefficient (Wildman–Crippen LogP) is 1.51. The first-order chi connectivity index (χ1) is 11.4. The van der Waals surface area contributed by atoms with Crippen molar-refractivity contribution in [2.24, 2.45) is 0 Å². The van der Waals surface area contributed by atoms with Gasteiger partial charge < -0.3 is 15.0 Å². The Morgan fingerprint density at radius 2 is 2.00 bits per heavy atom. The number of anilines is 1. The Morgan fingerprint density at radius 1 is 1.29 bits per heavy atom. The fourth-order valence-electron chi connectivity index (χ4n) is 3.10. The van der Waals surface area contributed by atoms with Gasteiger partial charge in [-0.25, -0.2) is 0 Å². The number of rotatable bonds is 6. The van der Waals surface area contributed by atoms with Gasteiger partial charge in [-0.3, -0.25) is 14.5 Å². The van der Waals surface area contributed by atoms with Crippen molar-refractivity contribution in [3.63, 3.8) is 0 Å². The van der Waals surface area contributed by atoms with E-state index in [1.165, 1.54) is 7.11 Å². The summed E-state index contributed by atoms with van der Waals surface area (Å²) in [5.74, 6) is -0.249. The van der Waals surface area contributed by atoms with Gasteiger partial charge in [0.2, 0.25) is 0 Å². The molecule has 0 aliphatic carbocycles.